The number of pyridine rings is 1. The molecule has 2 aliphatic heterocycles. The van der Waals surface area contributed by atoms with Crippen molar-refractivity contribution in [1.82, 2.24) is 25.0 Å². The van der Waals surface area contributed by atoms with Crippen molar-refractivity contribution in [2.75, 3.05) is 25.0 Å². The number of nitrogens with one attached hydrogen (secondary N) is 2. The number of fused-ring (bicyclic) bond motifs is 1. The van der Waals surface area contributed by atoms with Crippen LogP contribution < -0.4 is 10.6 Å². The van der Waals surface area contributed by atoms with Crippen molar-refractivity contribution in [2.24, 2.45) is 0 Å². The fourth-order valence-electron chi connectivity index (χ4n) is 3.92. The molecule has 176 valence electrons. The van der Waals surface area contributed by atoms with Crippen LogP contribution in [-0.2, 0) is 6.54 Å². The molecule has 0 bridgehead atoms. The van der Waals surface area contributed by atoms with Gasteiger partial charge in [-0.3, -0.25) is 9.67 Å². The number of aliphatic hydroxyl groups is 1. The first-order valence-corrected chi connectivity index (χ1v) is 12.0. The van der Waals surface area contributed by atoms with E-state index in [4.69, 9.17) is 16.7 Å². The summed E-state index contributed by atoms with van der Waals surface area (Å²) in [6, 6.07) is 6.18. The number of carbonyl (C=O) groups excluding carboxylic acids is 1. The van der Waals surface area contributed by atoms with Crippen molar-refractivity contribution in [3.8, 4) is 11.1 Å². The van der Waals surface area contributed by atoms with Crippen LogP contribution in [0.3, 0.4) is 0 Å². The van der Waals surface area contributed by atoms with Crippen molar-refractivity contribution < 1.29 is 14.3 Å². The van der Waals surface area contributed by atoms with Gasteiger partial charge in [0.1, 0.15) is 5.82 Å². The third-order valence-corrected chi connectivity index (χ3v) is 7.02. The highest BCUT2D eigenvalue weighted by Gasteiger charge is 2.26. The predicted molar refractivity (Wildman–Crippen MR) is 130 cm³/mol. The normalized spacial score (nSPS) is 17.2. The van der Waals surface area contributed by atoms with E-state index >= 15 is 0 Å². The summed E-state index contributed by atoms with van der Waals surface area (Å²) in [4.78, 5) is 19.8. The number of halogens is 2. The minimum absolute atomic E-state index is 0.0197. The summed E-state index contributed by atoms with van der Waals surface area (Å²) in [6.45, 7) is 1.42. The average molecular weight is 501 g/mol. The van der Waals surface area contributed by atoms with Gasteiger partial charge in [0, 0.05) is 41.5 Å². The summed E-state index contributed by atoms with van der Waals surface area (Å²) < 4.78 is 15.1. The molecule has 0 radical (unpaired) electrons. The fraction of sp³-hybridized carbons (Fsp3) is 0.261. The Kier molecular flexibility index (Phi) is 6.44. The standard InChI is InChI=1S/C23H22ClFN6O2S/c24-18-9-15(16-12-27-31(13-16)7-8-32)11-26-21(18)14-3-5-30(6-4-14)23(33)29-22-28-19-2-1-17(25)10-20(19)34-22/h1-3,9-13,22,28,32H,4-8H2,(H,29,33). The number of aliphatic hydroxyl groups excluding tert-OH is 1. The molecule has 3 aromatic rings. The molecule has 0 saturated carbocycles. The van der Waals surface area contributed by atoms with Crippen LogP contribution in [-0.4, -0.2) is 56.0 Å². The molecule has 34 heavy (non-hydrogen) atoms. The lowest BCUT2D eigenvalue weighted by Crippen LogP contribution is -2.46. The number of carbonyl (C=O) groups is 1. The summed E-state index contributed by atoms with van der Waals surface area (Å²) >= 11 is 7.92. The van der Waals surface area contributed by atoms with Gasteiger partial charge in [-0.1, -0.05) is 29.4 Å². The van der Waals surface area contributed by atoms with Gasteiger partial charge >= 0.3 is 6.03 Å². The number of hydrogen-bond acceptors (Lipinski definition) is 6. The lowest BCUT2D eigenvalue weighted by molar-refractivity contribution is 0.203. The second-order valence-corrected chi connectivity index (χ2v) is 9.48. The molecule has 3 N–H and O–H groups in total. The predicted octanol–water partition coefficient (Wildman–Crippen LogP) is 4.03. The van der Waals surface area contributed by atoms with Crippen LogP contribution >= 0.6 is 23.4 Å². The Morgan fingerprint density at radius 3 is 2.97 bits per heavy atom. The Bertz CT molecular complexity index is 1270. The molecule has 0 spiro atoms. The number of anilines is 1. The van der Waals surface area contributed by atoms with Gasteiger partial charge in [-0.05, 0) is 36.3 Å². The maximum atomic E-state index is 13.4. The van der Waals surface area contributed by atoms with Crippen LogP contribution in [0.25, 0.3) is 16.7 Å². The largest absolute Gasteiger partial charge is 0.394 e. The van der Waals surface area contributed by atoms with Crippen molar-refractivity contribution in [1.29, 1.82) is 0 Å². The van der Waals surface area contributed by atoms with Gasteiger partial charge in [-0.2, -0.15) is 5.10 Å². The molecule has 1 unspecified atom stereocenters. The molecule has 2 aromatic heterocycles. The van der Waals surface area contributed by atoms with E-state index in [0.29, 0.717) is 36.8 Å². The van der Waals surface area contributed by atoms with Gasteiger partial charge in [-0.25, -0.2) is 9.18 Å². The summed E-state index contributed by atoms with van der Waals surface area (Å²) in [5, 5.41) is 19.9. The summed E-state index contributed by atoms with van der Waals surface area (Å²) in [5.41, 5.74) is 3.88. The van der Waals surface area contributed by atoms with E-state index in [9.17, 15) is 9.18 Å². The van der Waals surface area contributed by atoms with Crippen molar-refractivity contribution in [2.45, 2.75) is 23.4 Å². The molecular weight excluding hydrogens is 479 g/mol. The van der Waals surface area contributed by atoms with Gasteiger partial charge in [0.25, 0.3) is 0 Å². The Morgan fingerprint density at radius 1 is 1.32 bits per heavy atom. The Morgan fingerprint density at radius 2 is 2.21 bits per heavy atom. The van der Waals surface area contributed by atoms with Gasteiger partial charge in [0.15, 0.2) is 5.50 Å². The van der Waals surface area contributed by atoms with E-state index in [1.807, 2.05) is 18.3 Å². The molecule has 4 heterocycles. The highest BCUT2D eigenvalue weighted by molar-refractivity contribution is 8.00. The zero-order chi connectivity index (χ0) is 23.7. The zero-order valence-electron chi connectivity index (χ0n) is 18.0. The summed E-state index contributed by atoms with van der Waals surface area (Å²) in [5.74, 6) is -0.300. The first kappa shape index (κ1) is 22.7. The first-order chi connectivity index (χ1) is 16.5. The van der Waals surface area contributed by atoms with E-state index in [0.717, 1.165) is 27.3 Å². The first-order valence-electron chi connectivity index (χ1n) is 10.8. The quantitative estimate of drug-likeness (QED) is 0.489. The summed E-state index contributed by atoms with van der Waals surface area (Å²) in [6.07, 6.45) is 7.91. The Labute approximate surface area is 204 Å². The fourth-order valence-corrected chi connectivity index (χ4v) is 5.24. The second kappa shape index (κ2) is 9.65. The van der Waals surface area contributed by atoms with Crippen molar-refractivity contribution >= 4 is 40.7 Å². The van der Waals surface area contributed by atoms with Crippen LogP contribution in [0.1, 0.15) is 12.1 Å². The van der Waals surface area contributed by atoms with E-state index in [-0.39, 0.29) is 24.0 Å². The van der Waals surface area contributed by atoms with E-state index in [1.165, 1.54) is 23.9 Å². The Balaban J connectivity index is 1.20. The van der Waals surface area contributed by atoms with Crippen LogP contribution in [0.4, 0.5) is 14.9 Å². The smallest absolute Gasteiger partial charge is 0.319 e. The molecule has 11 heteroatoms. The average Bonchev–Trinajstić information content (AvgIpc) is 3.45. The number of hydrogen-bond donors (Lipinski definition) is 3. The van der Waals surface area contributed by atoms with Gasteiger partial charge in [0.05, 0.1) is 35.8 Å². The van der Waals surface area contributed by atoms with Crippen LogP contribution in [0.2, 0.25) is 5.02 Å². The summed E-state index contributed by atoms with van der Waals surface area (Å²) in [7, 11) is 0. The SMILES string of the molecule is O=C(NC1Nc2ccc(F)cc2S1)N1CC=C(c2ncc(-c3cnn(CCO)c3)cc2Cl)CC1. The monoisotopic (exact) mass is 500 g/mol. The second-order valence-electron chi connectivity index (χ2n) is 7.93. The zero-order valence-corrected chi connectivity index (χ0v) is 19.6. The van der Waals surface area contributed by atoms with Gasteiger partial charge in [0.2, 0.25) is 0 Å². The highest BCUT2D eigenvalue weighted by Crippen LogP contribution is 2.37. The van der Waals surface area contributed by atoms with Crippen LogP contribution in [0, 0.1) is 5.82 Å². The van der Waals surface area contributed by atoms with Crippen molar-refractivity contribution in [3.63, 3.8) is 0 Å². The van der Waals surface area contributed by atoms with E-state index < -0.39 is 0 Å². The number of urea groups is 1. The number of thioether (sulfide) groups is 1. The molecular formula is C23H22ClFN6O2S. The Hall–Kier alpha value is -3.08. The lowest BCUT2D eigenvalue weighted by Gasteiger charge is -2.28. The topological polar surface area (TPSA) is 95.3 Å². The number of amides is 2. The number of nitrogens with zero attached hydrogens (tertiary/aromatic N) is 4. The lowest BCUT2D eigenvalue weighted by atomic mass is 10.0. The third kappa shape index (κ3) is 4.75. The number of aromatic nitrogens is 3. The maximum absolute atomic E-state index is 13.4. The molecule has 0 fully saturated rings. The van der Waals surface area contributed by atoms with Crippen LogP contribution in [0.15, 0.2) is 53.8 Å². The molecule has 1 aromatic carbocycles. The minimum atomic E-state index is -0.347. The van der Waals surface area contributed by atoms with Crippen LogP contribution in [0.5, 0.6) is 0 Å². The minimum Gasteiger partial charge on any atom is -0.394 e. The number of benzene rings is 1. The molecule has 0 saturated heterocycles. The third-order valence-electron chi connectivity index (χ3n) is 5.67. The van der Waals surface area contributed by atoms with E-state index in [2.05, 4.69) is 20.7 Å². The molecule has 8 nitrogen and oxygen atoms in total. The molecule has 2 amide bonds. The molecule has 1 atom stereocenters. The molecule has 0 aliphatic carbocycles. The molecule has 2 aliphatic rings. The molecule has 5 rings (SSSR count). The van der Waals surface area contributed by atoms with Gasteiger partial charge in [-0.15, -0.1) is 0 Å². The van der Waals surface area contributed by atoms with E-state index in [1.54, 1.807) is 28.0 Å². The highest BCUT2D eigenvalue weighted by atomic mass is 35.5. The van der Waals surface area contributed by atoms with Crippen molar-refractivity contribution in [3.05, 3.63) is 65.5 Å². The van der Waals surface area contributed by atoms with Gasteiger partial charge < -0.3 is 20.6 Å². The number of rotatable bonds is 5. The maximum Gasteiger partial charge on any atom is 0.319 e.